The van der Waals surface area contributed by atoms with Crippen LogP contribution in [0.1, 0.15) is 5.56 Å². The van der Waals surface area contributed by atoms with E-state index < -0.39 is 0 Å². The SMILES string of the molecule is O=C(COc1ccc(-c2ccccc2)cc1)NCc1ccc2c(c1)OCO2. The van der Waals surface area contributed by atoms with Gasteiger partial charge in [0.25, 0.3) is 5.91 Å². The van der Waals surface area contributed by atoms with Gasteiger partial charge in [0.15, 0.2) is 18.1 Å². The number of fused-ring (bicyclic) bond motifs is 1. The molecule has 0 aromatic heterocycles. The third kappa shape index (κ3) is 4.20. The van der Waals surface area contributed by atoms with Crippen molar-refractivity contribution in [1.29, 1.82) is 0 Å². The molecule has 0 aliphatic carbocycles. The summed E-state index contributed by atoms with van der Waals surface area (Å²) < 4.78 is 16.2. The predicted octanol–water partition coefficient (Wildman–Crippen LogP) is 3.78. The van der Waals surface area contributed by atoms with Crippen molar-refractivity contribution in [2.75, 3.05) is 13.4 Å². The summed E-state index contributed by atoms with van der Waals surface area (Å²) in [4.78, 5) is 12.0. The molecule has 0 atom stereocenters. The van der Waals surface area contributed by atoms with E-state index in [2.05, 4.69) is 17.4 Å². The monoisotopic (exact) mass is 361 g/mol. The predicted molar refractivity (Wildman–Crippen MR) is 102 cm³/mol. The van der Waals surface area contributed by atoms with E-state index in [9.17, 15) is 4.79 Å². The lowest BCUT2D eigenvalue weighted by molar-refractivity contribution is -0.123. The minimum Gasteiger partial charge on any atom is -0.484 e. The molecule has 3 aromatic carbocycles. The van der Waals surface area contributed by atoms with E-state index in [0.717, 1.165) is 22.4 Å². The summed E-state index contributed by atoms with van der Waals surface area (Å²) in [5.74, 6) is 1.91. The Hall–Kier alpha value is -3.47. The van der Waals surface area contributed by atoms with Crippen molar-refractivity contribution >= 4 is 5.91 Å². The second-order valence-electron chi connectivity index (χ2n) is 6.14. The number of carbonyl (C=O) groups excluding carboxylic acids is 1. The molecule has 0 fully saturated rings. The van der Waals surface area contributed by atoms with E-state index >= 15 is 0 Å². The molecule has 1 amide bonds. The molecular formula is C22H19NO4. The molecule has 0 radical (unpaired) electrons. The third-order valence-corrected chi connectivity index (χ3v) is 4.26. The maximum Gasteiger partial charge on any atom is 0.258 e. The van der Waals surface area contributed by atoms with E-state index in [4.69, 9.17) is 14.2 Å². The minimum absolute atomic E-state index is 0.0325. The average Bonchev–Trinajstić information content (AvgIpc) is 3.19. The van der Waals surface area contributed by atoms with Gasteiger partial charge < -0.3 is 19.5 Å². The summed E-state index contributed by atoms with van der Waals surface area (Å²) in [6, 6.07) is 23.4. The highest BCUT2D eigenvalue weighted by molar-refractivity contribution is 5.77. The van der Waals surface area contributed by atoms with Crippen molar-refractivity contribution in [3.63, 3.8) is 0 Å². The lowest BCUT2D eigenvalue weighted by Crippen LogP contribution is -2.28. The second-order valence-corrected chi connectivity index (χ2v) is 6.14. The van der Waals surface area contributed by atoms with Crippen LogP contribution in [-0.2, 0) is 11.3 Å². The fraction of sp³-hybridized carbons (Fsp3) is 0.136. The van der Waals surface area contributed by atoms with Crippen LogP contribution in [0.3, 0.4) is 0 Å². The molecule has 1 N–H and O–H groups in total. The Kier molecular flexibility index (Phi) is 4.92. The quantitative estimate of drug-likeness (QED) is 0.726. The molecule has 0 bridgehead atoms. The van der Waals surface area contributed by atoms with Gasteiger partial charge in [0.1, 0.15) is 5.75 Å². The number of benzene rings is 3. The number of rotatable bonds is 6. The van der Waals surface area contributed by atoms with Gasteiger partial charge in [-0.05, 0) is 41.0 Å². The summed E-state index contributed by atoms with van der Waals surface area (Å²) >= 11 is 0. The molecule has 0 unspecified atom stereocenters. The number of amides is 1. The van der Waals surface area contributed by atoms with Crippen molar-refractivity contribution in [3.05, 3.63) is 78.4 Å². The van der Waals surface area contributed by atoms with Gasteiger partial charge in [-0.1, -0.05) is 48.5 Å². The molecule has 1 heterocycles. The first-order chi connectivity index (χ1) is 13.3. The first kappa shape index (κ1) is 17.0. The van der Waals surface area contributed by atoms with Gasteiger partial charge in [0.2, 0.25) is 6.79 Å². The summed E-state index contributed by atoms with van der Waals surface area (Å²) in [5, 5.41) is 2.84. The zero-order chi connectivity index (χ0) is 18.5. The molecule has 3 aromatic rings. The molecule has 4 rings (SSSR count). The third-order valence-electron chi connectivity index (χ3n) is 4.26. The average molecular weight is 361 g/mol. The summed E-state index contributed by atoms with van der Waals surface area (Å²) in [7, 11) is 0. The molecule has 136 valence electrons. The van der Waals surface area contributed by atoms with Crippen molar-refractivity contribution < 1.29 is 19.0 Å². The summed E-state index contributed by atoms with van der Waals surface area (Å²) in [6.45, 7) is 0.614. The van der Waals surface area contributed by atoms with Gasteiger partial charge in [-0.15, -0.1) is 0 Å². The van der Waals surface area contributed by atoms with Crippen LogP contribution in [0.2, 0.25) is 0 Å². The molecule has 5 heteroatoms. The van der Waals surface area contributed by atoms with Gasteiger partial charge >= 0.3 is 0 Å². The Morgan fingerprint density at radius 3 is 2.44 bits per heavy atom. The minimum atomic E-state index is -0.181. The number of hydrogen-bond acceptors (Lipinski definition) is 4. The highest BCUT2D eigenvalue weighted by Crippen LogP contribution is 2.32. The largest absolute Gasteiger partial charge is 0.484 e. The number of nitrogens with one attached hydrogen (secondary N) is 1. The first-order valence-electron chi connectivity index (χ1n) is 8.71. The molecular weight excluding hydrogens is 342 g/mol. The van der Waals surface area contributed by atoms with Crippen molar-refractivity contribution in [3.8, 4) is 28.4 Å². The van der Waals surface area contributed by atoms with Crippen LogP contribution in [-0.4, -0.2) is 19.3 Å². The standard InChI is InChI=1S/C22H19NO4/c24-22(23-13-16-6-11-20-21(12-16)27-15-26-20)14-25-19-9-7-18(8-10-19)17-4-2-1-3-5-17/h1-12H,13-15H2,(H,23,24). The van der Waals surface area contributed by atoms with Crippen LogP contribution in [0.4, 0.5) is 0 Å². The van der Waals surface area contributed by atoms with Crippen LogP contribution < -0.4 is 19.5 Å². The number of carbonyl (C=O) groups is 1. The van der Waals surface area contributed by atoms with E-state index in [0.29, 0.717) is 18.0 Å². The molecule has 0 saturated carbocycles. The Bertz CT molecular complexity index is 923. The van der Waals surface area contributed by atoms with E-state index in [1.807, 2.05) is 60.7 Å². The van der Waals surface area contributed by atoms with Crippen molar-refractivity contribution in [2.45, 2.75) is 6.54 Å². The van der Waals surface area contributed by atoms with Gasteiger partial charge in [0.05, 0.1) is 0 Å². The second kappa shape index (κ2) is 7.83. The topological polar surface area (TPSA) is 56.8 Å². The molecule has 1 aliphatic heterocycles. The van der Waals surface area contributed by atoms with Gasteiger partial charge in [-0.2, -0.15) is 0 Å². The fourth-order valence-corrected chi connectivity index (χ4v) is 2.83. The summed E-state index contributed by atoms with van der Waals surface area (Å²) in [5.41, 5.74) is 3.19. The van der Waals surface area contributed by atoms with Crippen LogP contribution in [0.25, 0.3) is 11.1 Å². The number of ether oxygens (including phenoxy) is 3. The zero-order valence-electron chi connectivity index (χ0n) is 14.7. The lowest BCUT2D eigenvalue weighted by atomic mass is 10.1. The maximum atomic E-state index is 12.0. The Morgan fingerprint density at radius 2 is 1.63 bits per heavy atom. The molecule has 0 spiro atoms. The number of hydrogen-bond donors (Lipinski definition) is 1. The Balaban J connectivity index is 1.26. The normalized spacial score (nSPS) is 11.9. The zero-order valence-corrected chi connectivity index (χ0v) is 14.7. The van der Waals surface area contributed by atoms with Crippen molar-refractivity contribution in [2.24, 2.45) is 0 Å². The van der Waals surface area contributed by atoms with Crippen LogP contribution in [0.15, 0.2) is 72.8 Å². The van der Waals surface area contributed by atoms with Gasteiger partial charge in [-0.3, -0.25) is 4.79 Å². The summed E-state index contributed by atoms with van der Waals surface area (Å²) in [6.07, 6.45) is 0. The highest BCUT2D eigenvalue weighted by atomic mass is 16.7. The van der Waals surface area contributed by atoms with E-state index in [1.165, 1.54) is 0 Å². The molecule has 1 aliphatic rings. The van der Waals surface area contributed by atoms with Crippen molar-refractivity contribution in [1.82, 2.24) is 5.32 Å². The Labute approximate surface area is 157 Å². The lowest BCUT2D eigenvalue weighted by Gasteiger charge is -2.09. The highest BCUT2D eigenvalue weighted by Gasteiger charge is 2.13. The fourth-order valence-electron chi connectivity index (χ4n) is 2.83. The van der Waals surface area contributed by atoms with Crippen LogP contribution >= 0.6 is 0 Å². The van der Waals surface area contributed by atoms with E-state index in [-0.39, 0.29) is 19.3 Å². The van der Waals surface area contributed by atoms with Crippen LogP contribution in [0.5, 0.6) is 17.2 Å². The first-order valence-corrected chi connectivity index (χ1v) is 8.71. The molecule has 27 heavy (non-hydrogen) atoms. The van der Waals surface area contributed by atoms with E-state index in [1.54, 1.807) is 0 Å². The van der Waals surface area contributed by atoms with Gasteiger partial charge in [-0.25, -0.2) is 0 Å². The Morgan fingerprint density at radius 1 is 0.889 bits per heavy atom. The van der Waals surface area contributed by atoms with Gasteiger partial charge in [0, 0.05) is 6.54 Å². The van der Waals surface area contributed by atoms with Crippen LogP contribution in [0, 0.1) is 0 Å². The molecule has 0 saturated heterocycles. The smallest absolute Gasteiger partial charge is 0.258 e. The molecule has 5 nitrogen and oxygen atoms in total. The maximum absolute atomic E-state index is 12.0.